The third-order valence-corrected chi connectivity index (χ3v) is 1.82. The monoisotopic (exact) mass is 181 g/mol. The largest absolute Gasteiger partial charge is 0.374 e. The fraction of sp³-hybridized carbons (Fsp3) is 0.556. The lowest BCUT2D eigenvalue weighted by Gasteiger charge is -2.07. The van der Waals surface area contributed by atoms with Gasteiger partial charge in [0.05, 0.1) is 0 Å². The molecule has 1 N–H and O–H groups in total. The van der Waals surface area contributed by atoms with Crippen molar-refractivity contribution in [1.82, 2.24) is 15.3 Å². The van der Waals surface area contributed by atoms with Gasteiger partial charge in [-0.2, -0.15) is 0 Å². The second kappa shape index (κ2) is 4.89. The van der Waals surface area contributed by atoms with Crippen LogP contribution in [0.15, 0.2) is 12.4 Å². The minimum absolute atomic E-state index is 0.0383. The quantitative estimate of drug-likeness (QED) is 0.749. The first-order valence-electron chi connectivity index (χ1n) is 4.26. The maximum atomic E-state index is 5.10. The van der Waals surface area contributed by atoms with E-state index in [1.165, 1.54) is 0 Å². The van der Waals surface area contributed by atoms with Crippen molar-refractivity contribution in [2.24, 2.45) is 0 Å². The summed E-state index contributed by atoms with van der Waals surface area (Å²) in [6.07, 6.45) is 3.59. The van der Waals surface area contributed by atoms with E-state index in [-0.39, 0.29) is 6.10 Å². The summed E-state index contributed by atoms with van der Waals surface area (Å²) in [5, 5.41) is 3.04. The average Bonchev–Trinajstić information content (AvgIpc) is 2.18. The van der Waals surface area contributed by atoms with Crippen LogP contribution in [0.1, 0.15) is 24.4 Å². The molecule has 0 bridgehead atoms. The van der Waals surface area contributed by atoms with Gasteiger partial charge in [0.15, 0.2) is 5.82 Å². The zero-order chi connectivity index (χ0) is 9.68. The minimum atomic E-state index is -0.0383. The van der Waals surface area contributed by atoms with E-state index in [9.17, 15) is 0 Å². The number of methoxy groups -OCH3 is 1. The lowest BCUT2D eigenvalue weighted by Crippen LogP contribution is -2.08. The first kappa shape index (κ1) is 10.1. The highest BCUT2D eigenvalue weighted by Gasteiger charge is 2.05. The van der Waals surface area contributed by atoms with Gasteiger partial charge < -0.3 is 10.1 Å². The number of nitrogens with one attached hydrogen (secondary N) is 1. The molecule has 0 saturated carbocycles. The van der Waals surface area contributed by atoms with Crippen LogP contribution in [-0.4, -0.2) is 24.1 Å². The molecule has 0 saturated heterocycles. The number of rotatable bonds is 4. The Kier molecular flexibility index (Phi) is 3.79. The Morgan fingerprint density at radius 2 is 2.08 bits per heavy atom. The SMILES string of the molecule is CNCc1cnc(C(C)OC)nc1. The molecule has 0 aromatic carbocycles. The predicted molar refractivity (Wildman–Crippen MR) is 50.2 cm³/mol. The van der Waals surface area contributed by atoms with E-state index in [4.69, 9.17) is 4.74 Å². The van der Waals surface area contributed by atoms with Gasteiger partial charge in [-0.1, -0.05) is 0 Å². The summed E-state index contributed by atoms with van der Waals surface area (Å²) in [5.41, 5.74) is 1.08. The highest BCUT2D eigenvalue weighted by molar-refractivity contribution is 5.05. The zero-order valence-electron chi connectivity index (χ0n) is 8.24. The Labute approximate surface area is 78.4 Å². The van der Waals surface area contributed by atoms with Gasteiger partial charge in [0.25, 0.3) is 0 Å². The summed E-state index contributed by atoms with van der Waals surface area (Å²) in [6.45, 7) is 2.72. The molecule has 1 unspecified atom stereocenters. The van der Waals surface area contributed by atoms with E-state index in [0.717, 1.165) is 17.9 Å². The molecule has 72 valence electrons. The van der Waals surface area contributed by atoms with E-state index < -0.39 is 0 Å². The summed E-state index contributed by atoms with van der Waals surface area (Å²) in [4.78, 5) is 8.38. The number of ether oxygens (including phenoxy) is 1. The molecule has 0 amide bonds. The average molecular weight is 181 g/mol. The third-order valence-electron chi connectivity index (χ3n) is 1.82. The van der Waals surface area contributed by atoms with E-state index in [2.05, 4.69) is 15.3 Å². The normalized spacial score (nSPS) is 12.8. The topological polar surface area (TPSA) is 47.0 Å². The van der Waals surface area contributed by atoms with E-state index in [1.54, 1.807) is 7.11 Å². The first-order valence-corrected chi connectivity index (χ1v) is 4.26. The van der Waals surface area contributed by atoms with Crippen LogP contribution in [0.2, 0.25) is 0 Å². The Morgan fingerprint density at radius 1 is 1.46 bits per heavy atom. The lowest BCUT2D eigenvalue weighted by atomic mass is 10.3. The highest BCUT2D eigenvalue weighted by Crippen LogP contribution is 2.09. The molecule has 0 spiro atoms. The molecule has 4 heteroatoms. The Bertz CT molecular complexity index is 248. The van der Waals surface area contributed by atoms with Gasteiger partial charge in [-0.25, -0.2) is 9.97 Å². The Balaban J connectivity index is 2.69. The summed E-state index contributed by atoms with van der Waals surface area (Å²) in [5.74, 6) is 0.724. The van der Waals surface area contributed by atoms with Crippen LogP contribution < -0.4 is 5.32 Å². The number of hydrogen-bond acceptors (Lipinski definition) is 4. The highest BCUT2D eigenvalue weighted by atomic mass is 16.5. The summed E-state index contributed by atoms with van der Waals surface area (Å²) in [7, 11) is 3.54. The van der Waals surface area contributed by atoms with Gasteiger partial charge in [0.2, 0.25) is 0 Å². The first-order chi connectivity index (χ1) is 6.27. The van der Waals surface area contributed by atoms with Crippen molar-refractivity contribution in [3.8, 4) is 0 Å². The standard InChI is InChI=1S/C9H15N3O/c1-7(13-3)9-11-5-8(4-10-2)6-12-9/h5-7,10H,4H2,1-3H3. The van der Waals surface area contributed by atoms with Gasteiger partial charge in [0.1, 0.15) is 6.10 Å². The molecule has 0 aliphatic heterocycles. The Morgan fingerprint density at radius 3 is 2.54 bits per heavy atom. The Hall–Kier alpha value is -1.00. The van der Waals surface area contributed by atoms with Crippen molar-refractivity contribution in [2.75, 3.05) is 14.2 Å². The molecule has 0 aliphatic carbocycles. The fourth-order valence-corrected chi connectivity index (χ4v) is 0.976. The zero-order valence-corrected chi connectivity index (χ0v) is 8.24. The smallest absolute Gasteiger partial charge is 0.156 e. The fourth-order valence-electron chi connectivity index (χ4n) is 0.976. The van der Waals surface area contributed by atoms with Crippen molar-refractivity contribution in [3.63, 3.8) is 0 Å². The molecule has 1 heterocycles. The molecule has 13 heavy (non-hydrogen) atoms. The molecular formula is C9H15N3O. The minimum Gasteiger partial charge on any atom is -0.374 e. The number of hydrogen-bond donors (Lipinski definition) is 1. The maximum absolute atomic E-state index is 5.10. The van der Waals surface area contributed by atoms with Crippen LogP contribution in [0.3, 0.4) is 0 Å². The molecule has 1 aromatic heterocycles. The number of aromatic nitrogens is 2. The molecule has 0 radical (unpaired) electrons. The number of nitrogens with zero attached hydrogens (tertiary/aromatic N) is 2. The van der Waals surface area contributed by atoms with E-state index in [1.807, 2.05) is 26.4 Å². The van der Waals surface area contributed by atoms with Crippen LogP contribution in [0.25, 0.3) is 0 Å². The van der Waals surface area contributed by atoms with Crippen LogP contribution in [0, 0.1) is 0 Å². The van der Waals surface area contributed by atoms with Crippen molar-refractivity contribution < 1.29 is 4.74 Å². The maximum Gasteiger partial charge on any atom is 0.156 e. The van der Waals surface area contributed by atoms with E-state index >= 15 is 0 Å². The summed E-state index contributed by atoms with van der Waals surface area (Å²) in [6, 6.07) is 0. The van der Waals surface area contributed by atoms with Gasteiger partial charge in [-0.15, -0.1) is 0 Å². The van der Waals surface area contributed by atoms with Crippen LogP contribution in [0.5, 0.6) is 0 Å². The van der Waals surface area contributed by atoms with Crippen LogP contribution in [0.4, 0.5) is 0 Å². The van der Waals surface area contributed by atoms with Crippen molar-refractivity contribution in [2.45, 2.75) is 19.6 Å². The van der Waals surface area contributed by atoms with Crippen LogP contribution in [-0.2, 0) is 11.3 Å². The van der Waals surface area contributed by atoms with Gasteiger partial charge >= 0.3 is 0 Å². The predicted octanol–water partition coefficient (Wildman–Crippen LogP) is 0.903. The molecule has 1 atom stereocenters. The molecular weight excluding hydrogens is 166 g/mol. The molecule has 1 aromatic rings. The van der Waals surface area contributed by atoms with Gasteiger partial charge in [0, 0.05) is 31.6 Å². The van der Waals surface area contributed by atoms with Crippen LogP contribution >= 0.6 is 0 Å². The molecule has 1 rings (SSSR count). The molecule has 0 fully saturated rings. The van der Waals surface area contributed by atoms with Crippen molar-refractivity contribution >= 4 is 0 Å². The molecule has 4 nitrogen and oxygen atoms in total. The molecule has 0 aliphatic rings. The van der Waals surface area contributed by atoms with Gasteiger partial charge in [-0.3, -0.25) is 0 Å². The van der Waals surface area contributed by atoms with Gasteiger partial charge in [-0.05, 0) is 14.0 Å². The summed E-state index contributed by atoms with van der Waals surface area (Å²) < 4.78 is 5.10. The summed E-state index contributed by atoms with van der Waals surface area (Å²) >= 11 is 0. The van der Waals surface area contributed by atoms with Crippen molar-refractivity contribution in [1.29, 1.82) is 0 Å². The van der Waals surface area contributed by atoms with E-state index in [0.29, 0.717) is 0 Å². The second-order valence-electron chi connectivity index (χ2n) is 2.86. The lowest BCUT2D eigenvalue weighted by molar-refractivity contribution is 0.112. The van der Waals surface area contributed by atoms with Crippen molar-refractivity contribution in [3.05, 3.63) is 23.8 Å². The third kappa shape index (κ3) is 2.75. The second-order valence-corrected chi connectivity index (χ2v) is 2.86.